The maximum atomic E-state index is 12.1. The molecule has 2 amide bonds. The lowest BCUT2D eigenvalue weighted by molar-refractivity contribution is -0.123. The van der Waals surface area contributed by atoms with Crippen LogP contribution in [0.2, 0.25) is 0 Å². The summed E-state index contributed by atoms with van der Waals surface area (Å²) in [6.45, 7) is 7.70. The van der Waals surface area contributed by atoms with Gasteiger partial charge in [-0.15, -0.1) is 0 Å². The quantitative estimate of drug-likeness (QED) is 0.881. The first-order valence-electron chi connectivity index (χ1n) is 7.91. The summed E-state index contributed by atoms with van der Waals surface area (Å²) in [5.74, 6) is -0.429. The number of hydrogen-bond acceptors (Lipinski definition) is 3. The Hall–Kier alpha value is -2.63. The van der Waals surface area contributed by atoms with Gasteiger partial charge in [-0.25, -0.2) is 0 Å². The van der Waals surface area contributed by atoms with Gasteiger partial charge in [0, 0.05) is 24.0 Å². The molecule has 1 heterocycles. The summed E-state index contributed by atoms with van der Waals surface area (Å²) in [5.41, 5.74) is 5.61. The largest absolute Gasteiger partial charge is 0.347 e. The van der Waals surface area contributed by atoms with Crippen LogP contribution in [0.1, 0.15) is 28.1 Å². The Bertz CT molecular complexity index is 778. The first kappa shape index (κ1) is 17.7. The van der Waals surface area contributed by atoms with E-state index in [9.17, 15) is 9.59 Å². The molecule has 0 fully saturated rings. The molecule has 6 nitrogen and oxygen atoms in total. The van der Waals surface area contributed by atoms with Gasteiger partial charge in [0.1, 0.15) is 0 Å². The van der Waals surface area contributed by atoms with Crippen molar-refractivity contribution < 1.29 is 9.59 Å². The van der Waals surface area contributed by atoms with Crippen molar-refractivity contribution >= 4 is 17.5 Å². The molecular formula is C18H24N4O2. The number of aryl methyl sites for hydroxylation is 3. The van der Waals surface area contributed by atoms with Crippen LogP contribution in [0.5, 0.6) is 0 Å². The number of nitrogens with one attached hydrogen (secondary N) is 2. The Morgan fingerprint density at radius 1 is 1.12 bits per heavy atom. The second-order valence-corrected chi connectivity index (χ2v) is 6.02. The number of nitrogens with zero attached hydrogens (tertiary/aromatic N) is 2. The van der Waals surface area contributed by atoms with Crippen molar-refractivity contribution in [1.29, 1.82) is 0 Å². The third-order valence-corrected chi connectivity index (χ3v) is 4.32. The molecule has 1 aromatic carbocycles. The second kappa shape index (κ2) is 7.29. The Morgan fingerprint density at radius 2 is 1.83 bits per heavy atom. The van der Waals surface area contributed by atoms with Gasteiger partial charge in [-0.3, -0.25) is 14.3 Å². The third-order valence-electron chi connectivity index (χ3n) is 4.32. The van der Waals surface area contributed by atoms with Crippen molar-refractivity contribution in [3.63, 3.8) is 0 Å². The van der Waals surface area contributed by atoms with Gasteiger partial charge >= 0.3 is 0 Å². The molecular weight excluding hydrogens is 304 g/mol. The molecule has 0 aliphatic carbocycles. The van der Waals surface area contributed by atoms with Gasteiger partial charge < -0.3 is 10.6 Å². The zero-order chi connectivity index (χ0) is 17.9. The number of anilines is 1. The van der Waals surface area contributed by atoms with Crippen LogP contribution in [0.4, 0.5) is 5.69 Å². The highest BCUT2D eigenvalue weighted by molar-refractivity contribution is 5.95. The van der Waals surface area contributed by atoms with Crippen molar-refractivity contribution in [1.82, 2.24) is 15.1 Å². The minimum Gasteiger partial charge on any atom is -0.347 e. The van der Waals surface area contributed by atoms with Gasteiger partial charge in [0.15, 0.2) is 0 Å². The predicted molar refractivity (Wildman–Crippen MR) is 93.9 cm³/mol. The highest BCUT2D eigenvalue weighted by Crippen LogP contribution is 2.17. The van der Waals surface area contributed by atoms with Gasteiger partial charge in [0.05, 0.1) is 18.7 Å². The molecule has 0 saturated heterocycles. The molecule has 0 aliphatic rings. The fourth-order valence-corrected chi connectivity index (χ4v) is 2.56. The molecule has 0 unspecified atom stereocenters. The monoisotopic (exact) mass is 328 g/mol. The summed E-state index contributed by atoms with van der Waals surface area (Å²) >= 11 is 0. The number of rotatable bonds is 5. The van der Waals surface area contributed by atoms with Crippen LogP contribution in [0, 0.1) is 27.7 Å². The van der Waals surface area contributed by atoms with E-state index in [-0.39, 0.29) is 24.8 Å². The Morgan fingerprint density at radius 3 is 2.46 bits per heavy atom. The van der Waals surface area contributed by atoms with Crippen LogP contribution in [-0.4, -0.2) is 28.1 Å². The smallest absolute Gasteiger partial charge is 0.243 e. The van der Waals surface area contributed by atoms with E-state index in [4.69, 9.17) is 0 Å². The van der Waals surface area contributed by atoms with E-state index >= 15 is 0 Å². The van der Waals surface area contributed by atoms with Gasteiger partial charge in [0.25, 0.3) is 0 Å². The Labute approximate surface area is 142 Å². The summed E-state index contributed by atoms with van der Waals surface area (Å²) in [6, 6.07) is 5.74. The SMILES string of the molecule is Cc1cccc(NC(=O)CNC(=O)Cc2c(C)nn(C)c2C)c1C. The van der Waals surface area contributed by atoms with Crippen LogP contribution >= 0.6 is 0 Å². The average molecular weight is 328 g/mol. The number of amides is 2. The van der Waals surface area contributed by atoms with E-state index in [2.05, 4.69) is 15.7 Å². The maximum absolute atomic E-state index is 12.1. The molecule has 24 heavy (non-hydrogen) atoms. The Balaban J connectivity index is 1.89. The van der Waals surface area contributed by atoms with E-state index in [0.29, 0.717) is 0 Å². The van der Waals surface area contributed by atoms with Crippen LogP contribution in [0.15, 0.2) is 18.2 Å². The van der Waals surface area contributed by atoms with Crippen molar-refractivity contribution in [3.05, 3.63) is 46.3 Å². The molecule has 2 rings (SSSR count). The van der Waals surface area contributed by atoms with Crippen molar-refractivity contribution in [2.75, 3.05) is 11.9 Å². The first-order chi connectivity index (χ1) is 11.3. The average Bonchev–Trinajstić information content (AvgIpc) is 2.76. The number of carbonyl (C=O) groups excluding carboxylic acids is 2. The zero-order valence-electron chi connectivity index (χ0n) is 14.9. The highest BCUT2D eigenvalue weighted by Gasteiger charge is 2.14. The van der Waals surface area contributed by atoms with E-state index in [0.717, 1.165) is 33.8 Å². The summed E-state index contributed by atoms with van der Waals surface area (Å²) in [7, 11) is 1.85. The minimum atomic E-state index is -0.239. The second-order valence-electron chi connectivity index (χ2n) is 6.02. The standard InChI is InChI=1S/C18H24N4O2/c1-11-7-6-8-16(12(11)2)20-18(24)10-19-17(23)9-15-13(3)21-22(5)14(15)4/h6-8H,9-10H2,1-5H3,(H,19,23)(H,20,24). The van der Waals surface area contributed by atoms with E-state index in [1.165, 1.54) is 0 Å². The maximum Gasteiger partial charge on any atom is 0.243 e. The first-order valence-corrected chi connectivity index (χ1v) is 7.91. The van der Waals surface area contributed by atoms with Crippen molar-refractivity contribution in [3.8, 4) is 0 Å². The van der Waals surface area contributed by atoms with E-state index in [1.54, 1.807) is 4.68 Å². The topological polar surface area (TPSA) is 76.0 Å². The molecule has 0 saturated carbocycles. The molecule has 0 radical (unpaired) electrons. The summed E-state index contributed by atoms with van der Waals surface area (Å²) in [4.78, 5) is 24.1. The summed E-state index contributed by atoms with van der Waals surface area (Å²) in [5, 5.41) is 9.78. The normalized spacial score (nSPS) is 10.5. The lowest BCUT2D eigenvalue weighted by atomic mass is 10.1. The van der Waals surface area contributed by atoms with Gasteiger partial charge in [-0.1, -0.05) is 12.1 Å². The van der Waals surface area contributed by atoms with Gasteiger partial charge in [-0.05, 0) is 44.9 Å². The van der Waals surface area contributed by atoms with Crippen molar-refractivity contribution in [2.24, 2.45) is 7.05 Å². The molecule has 0 bridgehead atoms. The van der Waals surface area contributed by atoms with Crippen LogP contribution in [-0.2, 0) is 23.1 Å². The molecule has 0 atom stereocenters. The highest BCUT2D eigenvalue weighted by atomic mass is 16.2. The number of hydrogen-bond donors (Lipinski definition) is 2. The fraction of sp³-hybridized carbons (Fsp3) is 0.389. The molecule has 2 aromatic rings. The van der Waals surface area contributed by atoms with Gasteiger partial charge in [0.2, 0.25) is 11.8 Å². The third kappa shape index (κ3) is 4.01. The van der Waals surface area contributed by atoms with Crippen LogP contribution < -0.4 is 10.6 Å². The number of carbonyl (C=O) groups is 2. The summed E-state index contributed by atoms with van der Waals surface area (Å²) in [6.07, 6.45) is 0.224. The van der Waals surface area contributed by atoms with E-state index in [1.807, 2.05) is 52.9 Å². The fourth-order valence-electron chi connectivity index (χ4n) is 2.56. The lowest BCUT2D eigenvalue weighted by Gasteiger charge is -2.11. The van der Waals surface area contributed by atoms with Crippen molar-refractivity contribution in [2.45, 2.75) is 34.1 Å². The molecule has 6 heteroatoms. The van der Waals surface area contributed by atoms with E-state index < -0.39 is 0 Å². The van der Waals surface area contributed by atoms with Crippen LogP contribution in [0.25, 0.3) is 0 Å². The van der Waals surface area contributed by atoms with Crippen LogP contribution in [0.3, 0.4) is 0 Å². The number of benzene rings is 1. The molecule has 1 aromatic heterocycles. The molecule has 2 N–H and O–H groups in total. The molecule has 0 spiro atoms. The Kier molecular flexibility index (Phi) is 5.39. The minimum absolute atomic E-state index is 0.0510. The predicted octanol–water partition coefficient (Wildman–Crippen LogP) is 1.95. The molecule has 0 aliphatic heterocycles. The molecule has 128 valence electrons. The van der Waals surface area contributed by atoms with Gasteiger partial charge in [-0.2, -0.15) is 5.10 Å². The zero-order valence-corrected chi connectivity index (χ0v) is 14.9. The number of aromatic nitrogens is 2. The summed E-state index contributed by atoms with van der Waals surface area (Å²) < 4.78 is 1.76. The lowest BCUT2D eigenvalue weighted by Crippen LogP contribution is -2.34.